The van der Waals surface area contributed by atoms with Crippen molar-refractivity contribution in [2.75, 3.05) is 0 Å². The number of nitrogens with zero attached hydrogens (tertiary/aromatic N) is 2. The molecule has 0 aliphatic rings. The Morgan fingerprint density at radius 3 is 2.34 bits per heavy atom. The number of carbonyl (C=O) groups excluding carboxylic acids is 1. The van der Waals surface area contributed by atoms with E-state index >= 15 is 0 Å². The molecule has 1 amide bonds. The van der Waals surface area contributed by atoms with E-state index in [1.54, 1.807) is 57.2 Å². The lowest BCUT2D eigenvalue weighted by Gasteiger charge is -2.20. The van der Waals surface area contributed by atoms with Crippen molar-refractivity contribution in [1.82, 2.24) is 15.6 Å². The molecule has 0 aliphatic carbocycles. The molecule has 1 aromatic heterocycles. The van der Waals surface area contributed by atoms with Crippen LogP contribution in [0.3, 0.4) is 0 Å². The average Bonchev–Trinajstić information content (AvgIpc) is 2.78. The van der Waals surface area contributed by atoms with Crippen LogP contribution in [0.1, 0.15) is 26.3 Å². The van der Waals surface area contributed by atoms with Gasteiger partial charge in [-0.2, -0.15) is 8.42 Å². The third-order valence-corrected chi connectivity index (χ3v) is 6.31. The number of alkyl carbamates (subject to hydrolysis) is 1. The number of carbonyl (C=O) groups is 1. The van der Waals surface area contributed by atoms with Crippen LogP contribution in [0.4, 0.5) is 4.79 Å². The van der Waals surface area contributed by atoms with E-state index in [-0.39, 0.29) is 22.6 Å². The van der Waals surface area contributed by atoms with Gasteiger partial charge < -0.3 is 10.1 Å². The molecule has 0 bridgehead atoms. The topological polar surface area (TPSA) is 110 Å². The first-order chi connectivity index (χ1) is 16.4. The Bertz CT molecular complexity index is 1340. The lowest BCUT2D eigenvalue weighted by atomic mass is 10.1. The zero-order chi connectivity index (χ0) is 25.6. The van der Waals surface area contributed by atoms with Crippen molar-refractivity contribution in [3.63, 3.8) is 0 Å². The van der Waals surface area contributed by atoms with Crippen LogP contribution in [0.25, 0.3) is 11.1 Å². The molecular weight excluding hydrogens is 511 g/mol. The van der Waals surface area contributed by atoms with Crippen LogP contribution < -0.4 is 10.6 Å². The lowest BCUT2D eigenvalue weighted by Crippen LogP contribution is -2.43. The zero-order valence-corrected chi connectivity index (χ0v) is 21.6. The molecular formula is C24H24Cl2N4O4S. The van der Waals surface area contributed by atoms with E-state index in [0.717, 1.165) is 0 Å². The smallest absolute Gasteiger partial charge is 0.414 e. The summed E-state index contributed by atoms with van der Waals surface area (Å²) in [6, 6.07) is 16.6. The Labute approximate surface area is 214 Å². The van der Waals surface area contributed by atoms with Gasteiger partial charge in [0.1, 0.15) is 10.8 Å². The standard InChI is InChI=1S/C24H24Cl2N4O4S/c1-24(2,3)34-23(31)29-22(30-35(32,33)17-9-5-4-6-10-17)28-15-16-13-19(21(26)27-14-16)18-11-7-8-12-20(18)25/h4-14H,15H2,1-3H3,(H2,28,29,30,31). The molecule has 3 aromatic rings. The Morgan fingerprint density at radius 2 is 1.69 bits per heavy atom. The number of guanidine groups is 1. The number of ether oxygens (including phenoxy) is 1. The summed E-state index contributed by atoms with van der Waals surface area (Å²) in [5.41, 5.74) is 1.14. The number of benzene rings is 2. The largest absolute Gasteiger partial charge is 0.444 e. The predicted octanol–water partition coefficient (Wildman–Crippen LogP) is 5.41. The summed E-state index contributed by atoms with van der Waals surface area (Å²) in [6.07, 6.45) is 0.657. The van der Waals surface area contributed by atoms with Crippen LogP contribution in [0, 0.1) is 0 Å². The van der Waals surface area contributed by atoms with Crippen molar-refractivity contribution >= 4 is 45.3 Å². The number of halogens is 2. The highest BCUT2D eigenvalue weighted by atomic mass is 35.5. The second-order valence-corrected chi connectivity index (χ2v) is 10.7. The van der Waals surface area contributed by atoms with Crippen LogP contribution in [0.15, 0.2) is 76.2 Å². The third kappa shape index (κ3) is 7.68. The molecule has 8 nitrogen and oxygen atoms in total. The van der Waals surface area contributed by atoms with E-state index in [1.165, 1.54) is 18.3 Å². The minimum absolute atomic E-state index is 0.0283. The van der Waals surface area contributed by atoms with Gasteiger partial charge in [-0.15, -0.1) is 4.40 Å². The van der Waals surface area contributed by atoms with Crippen LogP contribution >= 0.6 is 23.2 Å². The summed E-state index contributed by atoms with van der Waals surface area (Å²) in [4.78, 5) is 16.5. The SMILES string of the molecule is CC(C)(C)OC(=O)N/C(=N\S(=O)(=O)c1ccccc1)NCc1cnc(Cl)c(-c2ccccc2Cl)c1. The maximum Gasteiger partial charge on any atom is 0.414 e. The first kappa shape index (κ1) is 26.5. The fourth-order valence-electron chi connectivity index (χ4n) is 2.91. The number of sulfonamides is 1. The Morgan fingerprint density at radius 1 is 1.03 bits per heavy atom. The van der Waals surface area contributed by atoms with E-state index in [0.29, 0.717) is 21.7 Å². The number of hydrogen-bond acceptors (Lipinski definition) is 5. The summed E-state index contributed by atoms with van der Waals surface area (Å²) in [7, 11) is -4.12. The van der Waals surface area contributed by atoms with Crippen LogP contribution in [-0.4, -0.2) is 31.1 Å². The molecule has 0 saturated carbocycles. The minimum atomic E-state index is -4.12. The molecule has 184 valence electrons. The van der Waals surface area contributed by atoms with Gasteiger partial charge in [0.25, 0.3) is 10.0 Å². The van der Waals surface area contributed by atoms with Crippen molar-refractivity contribution in [2.45, 2.75) is 37.8 Å². The molecule has 3 rings (SSSR count). The zero-order valence-electron chi connectivity index (χ0n) is 19.2. The molecule has 0 saturated heterocycles. The highest BCUT2D eigenvalue weighted by Gasteiger charge is 2.20. The van der Waals surface area contributed by atoms with Crippen molar-refractivity contribution in [2.24, 2.45) is 4.40 Å². The fourth-order valence-corrected chi connectivity index (χ4v) is 4.31. The molecule has 11 heteroatoms. The fraction of sp³-hybridized carbons (Fsp3) is 0.208. The number of hydrogen-bond donors (Lipinski definition) is 2. The first-order valence-corrected chi connectivity index (χ1v) is 12.7. The minimum Gasteiger partial charge on any atom is -0.444 e. The molecule has 1 heterocycles. The molecule has 0 atom stereocenters. The van der Waals surface area contributed by atoms with Gasteiger partial charge in [-0.05, 0) is 50.6 Å². The third-order valence-electron chi connectivity index (χ3n) is 4.39. The molecule has 35 heavy (non-hydrogen) atoms. The molecule has 0 radical (unpaired) electrons. The van der Waals surface area contributed by atoms with E-state index in [9.17, 15) is 13.2 Å². The van der Waals surface area contributed by atoms with Crippen molar-refractivity contribution < 1.29 is 17.9 Å². The maximum atomic E-state index is 12.8. The summed E-state index contributed by atoms with van der Waals surface area (Å²) in [5, 5.41) is 5.96. The molecule has 2 N–H and O–H groups in total. The van der Waals surface area contributed by atoms with Gasteiger partial charge in [-0.1, -0.05) is 59.6 Å². The Balaban J connectivity index is 1.89. The van der Waals surface area contributed by atoms with Crippen molar-refractivity contribution in [1.29, 1.82) is 0 Å². The number of aromatic nitrogens is 1. The summed E-state index contributed by atoms with van der Waals surface area (Å²) >= 11 is 12.6. The van der Waals surface area contributed by atoms with Crippen molar-refractivity contribution in [3.05, 3.63) is 82.6 Å². The van der Waals surface area contributed by atoms with E-state index in [4.69, 9.17) is 27.9 Å². The van der Waals surface area contributed by atoms with E-state index in [1.807, 2.05) is 12.1 Å². The molecule has 0 aliphatic heterocycles. The molecule has 0 spiro atoms. The monoisotopic (exact) mass is 534 g/mol. The summed E-state index contributed by atoms with van der Waals surface area (Å²) in [5.74, 6) is -0.308. The van der Waals surface area contributed by atoms with Gasteiger partial charge in [-0.3, -0.25) is 5.32 Å². The Kier molecular flexibility index (Phi) is 8.37. The highest BCUT2D eigenvalue weighted by Crippen LogP contribution is 2.32. The van der Waals surface area contributed by atoms with Gasteiger partial charge in [0.15, 0.2) is 0 Å². The predicted molar refractivity (Wildman–Crippen MR) is 137 cm³/mol. The van der Waals surface area contributed by atoms with Gasteiger partial charge >= 0.3 is 6.09 Å². The number of nitrogens with one attached hydrogen (secondary N) is 2. The highest BCUT2D eigenvalue weighted by molar-refractivity contribution is 7.90. The number of pyridine rings is 1. The number of rotatable bonds is 5. The Hall–Kier alpha value is -3.14. The molecule has 2 aromatic carbocycles. The van der Waals surface area contributed by atoms with Crippen LogP contribution in [0.2, 0.25) is 10.2 Å². The summed E-state index contributed by atoms with van der Waals surface area (Å²) < 4.78 is 34.6. The number of amides is 1. The van der Waals surface area contributed by atoms with Gasteiger partial charge in [0.05, 0.1) is 4.90 Å². The quantitative estimate of drug-likeness (QED) is 0.257. The van der Waals surface area contributed by atoms with Crippen molar-refractivity contribution in [3.8, 4) is 11.1 Å². The van der Waals surface area contributed by atoms with Crippen LogP contribution in [0.5, 0.6) is 0 Å². The lowest BCUT2D eigenvalue weighted by molar-refractivity contribution is 0.0561. The van der Waals surface area contributed by atoms with Gasteiger partial charge in [-0.25, -0.2) is 9.78 Å². The van der Waals surface area contributed by atoms with E-state index < -0.39 is 21.7 Å². The van der Waals surface area contributed by atoms with Crippen LogP contribution in [-0.2, 0) is 21.3 Å². The summed E-state index contributed by atoms with van der Waals surface area (Å²) in [6.45, 7) is 5.13. The normalized spacial score (nSPS) is 12.2. The van der Waals surface area contributed by atoms with E-state index in [2.05, 4.69) is 20.0 Å². The first-order valence-electron chi connectivity index (χ1n) is 10.5. The van der Waals surface area contributed by atoms with Gasteiger partial charge in [0.2, 0.25) is 5.96 Å². The second kappa shape index (κ2) is 11.1. The molecule has 0 fully saturated rings. The van der Waals surface area contributed by atoms with Gasteiger partial charge in [0, 0.05) is 28.9 Å². The molecule has 0 unspecified atom stereocenters. The maximum absolute atomic E-state index is 12.8. The second-order valence-electron chi connectivity index (χ2n) is 8.37. The average molecular weight is 535 g/mol.